The highest BCUT2D eigenvalue weighted by atomic mass is 16.3. The highest BCUT2D eigenvalue weighted by Crippen LogP contribution is 2.17. The van der Waals surface area contributed by atoms with E-state index in [9.17, 15) is 9.90 Å². The van der Waals surface area contributed by atoms with Gasteiger partial charge in [-0.15, -0.1) is 0 Å². The van der Waals surface area contributed by atoms with Crippen LogP contribution in [0.4, 0.5) is 5.69 Å². The molecule has 1 aromatic carbocycles. The molecule has 5 heteroatoms. The minimum absolute atomic E-state index is 0.176. The van der Waals surface area contributed by atoms with Crippen LogP contribution in [0.3, 0.4) is 0 Å². The van der Waals surface area contributed by atoms with E-state index in [1.165, 1.54) is 24.2 Å². The summed E-state index contributed by atoms with van der Waals surface area (Å²) in [6.45, 7) is 7.44. The molecule has 0 atom stereocenters. The molecular formula is C18H30N3O2+. The Hall–Kier alpha value is -1.75. The lowest BCUT2D eigenvalue weighted by molar-refractivity contribution is -0.892. The summed E-state index contributed by atoms with van der Waals surface area (Å²) in [6.07, 6.45) is 4.77. The van der Waals surface area contributed by atoms with Crippen molar-refractivity contribution < 1.29 is 14.8 Å². The molecule has 1 aromatic rings. The van der Waals surface area contributed by atoms with Crippen LogP contribution < -0.4 is 15.1 Å². The fourth-order valence-electron chi connectivity index (χ4n) is 2.99. The number of phenolic OH excluding ortho intramolecular Hbond substituents is 1. The highest BCUT2D eigenvalue weighted by molar-refractivity contribution is 5.76. The third-order valence-corrected chi connectivity index (χ3v) is 4.45. The van der Waals surface area contributed by atoms with Crippen LogP contribution in [0.5, 0.6) is 5.75 Å². The first-order chi connectivity index (χ1) is 11.2. The molecule has 5 nitrogen and oxygen atoms in total. The molecule has 1 fully saturated rings. The number of benzene rings is 1. The molecule has 0 saturated carbocycles. The van der Waals surface area contributed by atoms with Crippen molar-refractivity contribution in [3.8, 4) is 5.75 Å². The number of rotatable bonds is 8. The summed E-state index contributed by atoms with van der Waals surface area (Å²) in [5, 5.41) is 12.4. The number of amides is 1. The molecule has 2 rings (SSSR count). The normalized spacial score (nSPS) is 15.6. The van der Waals surface area contributed by atoms with Gasteiger partial charge in [0.15, 0.2) is 6.54 Å². The van der Waals surface area contributed by atoms with Crippen LogP contribution in [0.2, 0.25) is 0 Å². The minimum atomic E-state index is 0.176. The Kier molecular flexibility index (Phi) is 7.20. The van der Waals surface area contributed by atoms with Gasteiger partial charge in [-0.1, -0.05) is 26.2 Å². The van der Waals surface area contributed by atoms with Gasteiger partial charge in [0, 0.05) is 12.2 Å². The smallest absolute Gasteiger partial charge is 0.275 e. The summed E-state index contributed by atoms with van der Waals surface area (Å²) in [7, 11) is 0. The first-order valence-corrected chi connectivity index (χ1v) is 8.83. The number of piperazine rings is 1. The zero-order valence-electron chi connectivity index (χ0n) is 14.2. The van der Waals surface area contributed by atoms with Crippen molar-refractivity contribution in [2.24, 2.45) is 0 Å². The summed E-state index contributed by atoms with van der Waals surface area (Å²) in [6, 6.07) is 7.34. The van der Waals surface area contributed by atoms with E-state index in [2.05, 4.69) is 17.1 Å². The third-order valence-electron chi connectivity index (χ3n) is 4.45. The predicted molar refractivity (Wildman–Crippen MR) is 93.0 cm³/mol. The standard InChI is InChI=1S/C18H29N3O2/c1-2-3-4-5-10-19-18(23)15-20-11-13-21(14-12-20)16-6-8-17(22)9-7-16/h6-9,22H,2-5,10-15H2,1H3,(H,19,23)/p+1. The number of anilines is 1. The van der Waals surface area contributed by atoms with Gasteiger partial charge in [0.05, 0.1) is 26.2 Å². The Morgan fingerprint density at radius 1 is 1.17 bits per heavy atom. The van der Waals surface area contributed by atoms with Crippen LogP contribution in [0.1, 0.15) is 32.6 Å². The molecule has 1 saturated heterocycles. The maximum absolute atomic E-state index is 12.0. The summed E-state index contributed by atoms with van der Waals surface area (Å²) in [5.74, 6) is 0.475. The maximum Gasteiger partial charge on any atom is 0.275 e. The number of hydrogen-bond acceptors (Lipinski definition) is 3. The zero-order chi connectivity index (χ0) is 16.5. The lowest BCUT2D eigenvalue weighted by Crippen LogP contribution is -3.15. The first kappa shape index (κ1) is 17.6. The SMILES string of the molecule is CCCCCCNC(=O)C[NH+]1CCN(c2ccc(O)cc2)CC1. The van der Waals surface area contributed by atoms with Gasteiger partial charge in [-0.25, -0.2) is 0 Å². The van der Waals surface area contributed by atoms with Crippen LogP contribution in [-0.4, -0.2) is 50.3 Å². The van der Waals surface area contributed by atoms with Crippen molar-refractivity contribution in [2.75, 3.05) is 44.2 Å². The molecule has 0 unspecified atom stereocenters. The van der Waals surface area contributed by atoms with E-state index in [0.717, 1.165) is 44.8 Å². The fourth-order valence-corrected chi connectivity index (χ4v) is 2.99. The monoisotopic (exact) mass is 320 g/mol. The van der Waals surface area contributed by atoms with E-state index < -0.39 is 0 Å². The van der Waals surface area contributed by atoms with Gasteiger partial charge >= 0.3 is 0 Å². The van der Waals surface area contributed by atoms with Gasteiger partial charge in [0.25, 0.3) is 5.91 Å². The molecule has 0 spiro atoms. The lowest BCUT2D eigenvalue weighted by atomic mass is 10.2. The number of phenols is 1. The molecule has 0 aromatic heterocycles. The molecule has 1 amide bonds. The van der Waals surface area contributed by atoms with E-state index in [-0.39, 0.29) is 5.91 Å². The number of carbonyl (C=O) groups excluding carboxylic acids is 1. The molecule has 1 aliphatic heterocycles. The lowest BCUT2D eigenvalue weighted by Gasteiger charge is -2.33. The summed E-state index contributed by atoms with van der Waals surface area (Å²) < 4.78 is 0. The van der Waals surface area contributed by atoms with Crippen LogP contribution in [0.15, 0.2) is 24.3 Å². The van der Waals surface area contributed by atoms with Crippen LogP contribution in [0, 0.1) is 0 Å². The molecular weight excluding hydrogens is 290 g/mol. The first-order valence-electron chi connectivity index (χ1n) is 8.83. The van der Waals surface area contributed by atoms with Crippen molar-refractivity contribution in [2.45, 2.75) is 32.6 Å². The number of aromatic hydroxyl groups is 1. The van der Waals surface area contributed by atoms with Crippen molar-refractivity contribution >= 4 is 11.6 Å². The number of unbranched alkanes of at least 4 members (excludes halogenated alkanes) is 3. The Morgan fingerprint density at radius 3 is 2.52 bits per heavy atom. The number of hydrogen-bond donors (Lipinski definition) is 3. The summed E-state index contributed by atoms with van der Waals surface area (Å²) >= 11 is 0. The molecule has 1 heterocycles. The second kappa shape index (κ2) is 9.40. The van der Waals surface area contributed by atoms with Crippen LogP contribution in [-0.2, 0) is 4.79 Å². The van der Waals surface area contributed by atoms with Gasteiger partial charge in [-0.05, 0) is 30.7 Å². The zero-order valence-corrected chi connectivity index (χ0v) is 14.2. The van der Waals surface area contributed by atoms with Crippen LogP contribution >= 0.6 is 0 Å². The molecule has 3 N–H and O–H groups in total. The Bertz CT molecular complexity index is 468. The summed E-state index contributed by atoms with van der Waals surface area (Å²) in [4.78, 5) is 15.6. The van der Waals surface area contributed by atoms with E-state index in [4.69, 9.17) is 0 Å². The van der Waals surface area contributed by atoms with Gasteiger partial charge in [-0.2, -0.15) is 0 Å². The average Bonchev–Trinajstić information content (AvgIpc) is 2.56. The molecule has 128 valence electrons. The van der Waals surface area contributed by atoms with Gasteiger partial charge in [-0.3, -0.25) is 4.79 Å². The number of nitrogens with one attached hydrogen (secondary N) is 2. The maximum atomic E-state index is 12.0. The Labute approximate surface area is 139 Å². The molecule has 0 aliphatic carbocycles. The van der Waals surface area contributed by atoms with E-state index in [1.807, 2.05) is 12.1 Å². The number of quaternary nitrogens is 1. The van der Waals surface area contributed by atoms with Crippen molar-refractivity contribution in [1.29, 1.82) is 0 Å². The largest absolute Gasteiger partial charge is 0.508 e. The van der Waals surface area contributed by atoms with Crippen molar-refractivity contribution in [3.63, 3.8) is 0 Å². The molecule has 23 heavy (non-hydrogen) atoms. The second-order valence-electron chi connectivity index (χ2n) is 6.34. The van der Waals surface area contributed by atoms with E-state index in [1.54, 1.807) is 12.1 Å². The Morgan fingerprint density at radius 2 is 1.87 bits per heavy atom. The number of carbonyl (C=O) groups is 1. The fraction of sp³-hybridized carbons (Fsp3) is 0.611. The van der Waals surface area contributed by atoms with Crippen LogP contribution in [0.25, 0.3) is 0 Å². The molecule has 0 radical (unpaired) electrons. The van der Waals surface area contributed by atoms with Gasteiger partial charge in [0.2, 0.25) is 0 Å². The second-order valence-corrected chi connectivity index (χ2v) is 6.34. The topological polar surface area (TPSA) is 57.0 Å². The quantitative estimate of drug-likeness (QED) is 0.621. The highest BCUT2D eigenvalue weighted by Gasteiger charge is 2.22. The average molecular weight is 320 g/mol. The third kappa shape index (κ3) is 6.10. The van der Waals surface area contributed by atoms with Gasteiger partial charge < -0.3 is 20.2 Å². The van der Waals surface area contributed by atoms with Crippen molar-refractivity contribution in [3.05, 3.63) is 24.3 Å². The van der Waals surface area contributed by atoms with E-state index >= 15 is 0 Å². The molecule has 0 bridgehead atoms. The van der Waals surface area contributed by atoms with Crippen molar-refractivity contribution in [1.82, 2.24) is 5.32 Å². The number of nitrogens with zero attached hydrogens (tertiary/aromatic N) is 1. The van der Waals surface area contributed by atoms with E-state index in [0.29, 0.717) is 12.3 Å². The Balaban J connectivity index is 1.64. The predicted octanol–water partition coefficient (Wildman–Crippen LogP) is 0.794. The van der Waals surface area contributed by atoms with Gasteiger partial charge in [0.1, 0.15) is 5.75 Å². The minimum Gasteiger partial charge on any atom is -0.508 e. The molecule has 1 aliphatic rings. The summed E-state index contributed by atoms with van der Waals surface area (Å²) in [5.41, 5.74) is 1.14.